The normalized spacial score (nSPS) is 12.1. The molecule has 1 aromatic heterocycles. The van der Waals surface area contributed by atoms with Crippen molar-refractivity contribution < 1.29 is 4.79 Å². The number of nitrogens with one attached hydrogen (secondary N) is 1. The molecule has 1 atom stereocenters. The van der Waals surface area contributed by atoms with Crippen LogP contribution in [0.1, 0.15) is 10.4 Å². The van der Waals surface area contributed by atoms with Crippen molar-refractivity contribution in [2.75, 3.05) is 5.32 Å². The zero-order valence-corrected chi connectivity index (χ0v) is 12.7. The highest BCUT2D eigenvalue weighted by Crippen LogP contribution is 2.34. The van der Waals surface area contributed by atoms with Gasteiger partial charge in [0.15, 0.2) is 0 Å². The summed E-state index contributed by atoms with van der Waals surface area (Å²) < 4.78 is 0.975. The fraction of sp³-hybridized carbons (Fsp3) is 0.0833. The summed E-state index contributed by atoms with van der Waals surface area (Å²) in [5.41, 5.74) is 1.75. The number of carbonyl (C=O) groups excluding carboxylic acids is 1. The van der Waals surface area contributed by atoms with E-state index in [4.69, 9.17) is 0 Å². The van der Waals surface area contributed by atoms with E-state index in [9.17, 15) is 4.79 Å². The maximum atomic E-state index is 12.0. The van der Waals surface area contributed by atoms with Gasteiger partial charge in [0, 0.05) is 11.3 Å². The minimum atomic E-state index is -0.344. The zero-order valence-electron chi connectivity index (χ0n) is 8.69. The highest BCUT2D eigenvalue weighted by atomic mass is 79.9. The third kappa shape index (κ3) is 3.18. The minimum Gasteiger partial charge on any atom is -0.325 e. The molecule has 0 saturated carbocycles. The first-order valence-corrected chi connectivity index (χ1v) is 7.50. The molecule has 2 aromatic rings. The number of rotatable bonds is 3. The molecule has 5 heteroatoms. The number of hydrogen-bond acceptors (Lipinski definition) is 2. The van der Waals surface area contributed by atoms with Gasteiger partial charge in [-0.15, -0.1) is 11.3 Å². The number of thiophene rings is 1. The van der Waals surface area contributed by atoms with Crippen LogP contribution in [0.5, 0.6) is 0 Å². The standard InChI is InChI=1S/C12H9Br2NOS/c13-10(9-6-7-17-11(9)14)12(16)15-8-4-2-1-3-5-8/h1-7,10H,(H,15,16). The maximum Gasteiger partial charge on any atom is 0.242 e. The molecule has 1 N–H and O–H groups in total. The average molecular weight is 375 g/mol. The maximum absolute atomic E-state index is 12.0. The number of amides is 1. The summed E-state index contributed by atoms with van der Waals surface area (Å²) in [4.78, 5) is 11.6. The van der Waals surface area contributed by atoms with E-state index in [2.05, 4.69) is 37.2 Å². The number of benzene rings is 1. The Labute approximate surface area is 120 Å². The third-order valence-electron chi connectivity index (χ3n) is 2.19. The lowest BCUT2D eigenvalue weighted by atomic mass is 10.2. The van der Waals surface area contributed by atoms with Crippen molar-refractivity contribution in [2.45, 2.75) is 4.83 Å². The summed E-state index contributed by atoms with van der Waals surface area (Å²) in [7, 11) is 0. The summed E-state index contributed by atoms with van der Waals surface area (Å²) >= 11 is 8.40. The molecule has 1 aromatic carbocycles. The molecule has 0 radical (unpaired) electrons. The second kappa shape index (κ2) is 5.80. The summed E-state index contributed by atoms with van der Waals surface area (Å²) in [5, 5.41) is 4.80. The van der Waals surface area contributed by atoms with Crippen molar-refractivity contribution in [3.63, 3.8) is 0 Å². The van der Waals surface area contributed by atoms with Gasteiger partial charge in [-0.25, -0.2) is 0 Å². The lowest BCUT2D eigenvalue weighted by Crippen LogP contribution is -2.16. The van der Waals surface area contributed by atoms with Gasteiger partial charge in [0.05, 0.1) is 3.79 Å². The Bertz CT molecular complexity index is 512. The molecule has 2 rings (SSSR count). The van der Waals surface area contributed by atoms with E-state index in [1.54, 1.807) is 11.3 Å². The third-order valence-corrected chi connectivity index (χ3v) is 4.83. The van der Waals surface area contributed by atoms with Gasteiger partial charge in [-0.1, -0.05) is 34.1 Å². The van der Waals surface area contributed by atoms with Gasteiger partial charge in [0.25, 0.3) is 0 Å². The topological polar surface area (TPSA) is 29.1 Å². The summed E-state index contributed by atoms with van der Waals surface area (Å²) in [5.74, 6) is -0.0738. The van der Waals surface area contributed by atoms with Crippen LogP contribution in [-0.4, -0.2) is 5.91 Å². The summed E-state index contributed by atoms with van der Waals surface area (Å²) in [6.07, 6.45) is 0. The first kappa shape index (κ1) is 12.8. The number of para-hydroxylation sites is 1. The Balaban J connectivity index is 2.09. The Hall–Kier alpha value is -0.650. The molecule has 17 heavy (non-hydrogen) atoms. The largest absolute Gasteiger partial charge is 0.325 e. The smallest absolute Gasteiger partial charge is 0.242 e. The molecule has 1 unspecified atom stereocenters. The lowest BCUT2D eigenvalue weighted by Gasteiger charge is -2.10. The van der Waals surface area contributed by atoms with Gasteiger partial charge in [0.1, 0.15) is 4.83 Å². The highest BCUT2D eigenvalue weighted by Gasteiger charge is 2.20. The van der Waals surface area contributed by atoms with Crippen LogP contribution in [0.4, 0.5) is 5.69 Å². The van der Waals surface area contributed by atoms with E-state index in [0.29, 0.717) is 0 Å². The van der Waals surface area contributed by atoms with Crippen LogP contribution < -0.4 is 5.32 Å². The molecule has 0 spiro atoms. The predicted octanol–water partition coefficient (Wildman–Crippen LogP) is 4.59. The van der Waals surface area contributed by atoms with E-state index in [0.717, 1.165) is 15.0 Å². The van der Waals surface area contributed by atoms with E-state index in [1.165, 1.54) is 0 Å². The van der Waals surface area contributed by atoms with Gasteiger partial charge in [-0.3, -0.25) is 4.79 Å². The Morgan fingerprint density at radius 2 is 1.94 bits per heavy atom. The predicted molar refractivity (Wildman–Crippen MR) is 78.8 cm³/mol. The first-order chi connectivity index (χ1) is 8.18. The van der Waals surface area contributed by atoms with Crippen LogP contribution in [0.3, 0.4) is 0 Å². The molecule has 0 bridgehead atoms. The number of halogens is 2. The van der Waals surface area contributed by atoms with Gasteiger partial charge in [-0.05, 0) is 39.5 Å². The van der Waals surface area contributed by atoms with Crippen LogP contribution in [0.15, 0.2) is 45.6 Å². The number of alkyl halides is 1. The molecule has 1 amide bonds. The molecule has 0 aliphatic heterocycles. The van der Waals surface area contributed by atoms with Gasteiger partial charge in [0.2, 0.25) is 5.91 Å². The molecule has 0 aliphatic carbocycles. The van der Waals surface area contributed by atoms with Crippen LogP contribution in [0.2, 0.25) is 0 Å². The average Bonchev–Trinajstić information content (AvgIpc) is 2.76. The molecule has 88 valence electrons. The van der Waals surface area contributed by atoms with E-state index >= 15 is 0 Å². The second-order valence-corrected chi connectivity index (χ2v) is 6.52. The van der Waals surface area contributed by atoms with Crippen LogP contribution in [-0.2, 0) is 4.79 Å². The first-order valence-electron chi connectivity index (χ1n) is 4.91. The number of anilines is 1. The van der Waals surface area contributed by atoms with Gasteiger partial charge in [-0.2, -0.15) is 0 Å². The van der Waals surface area contributed by atoms with Crippen molar-refractivity contribution in [3.8, 4) is 0 Å². The monoisotopic (exact) mass is 373 g/mol. The molecule has 1 heterocycles. The van der Waals surface area contributed by atoms with Crippen LogP contribution in [0.25, 0.3) is 0 Å². The highest BCUT2D eigenvalue weighted by molar-refractivity contribution is 9.11. The van der Waals surface area contributed by atoms with Crippen molar-refractivity contribution in [1.29, 1.82) is 0 Å². The lowest BCUT2D eigenvalue weighted by molar-refractivity contribution is -0.115. The van der Waals surface area contributed by atoms with Crippen molar-refractivity contribution in [3.05, 3.63) is 51.1 Å². The van der Waals surface area contributed by atoms with Crippen molar-refractivity contribution >= 4 is 54.8 Å². The fourth-order valence-corrected chi connectivity index (χ4v) is 3.65. The molecule has 0 saturated heterocycles. The van der Waals surface area contributed by atoms with E-state index < -0.39 is 0 Å². The van der Waals surface area contributed by atoms with E-state index in [-0.39, 0.29) is 10.7 Å². The number of carbonyl (C=O) groups is 1. The Morgan fingerprint density at radius 3 is 2.53 bits per heavy atom. The zero-order chi connectivity index (χ0) is 12.3. The molecule has 0 aliphatic rings. The SMILES string of the molecule is O=C(Nc1ccccc1)C(Br)c1ccsc1Br. The Morgan fingerprint density at radius 1 is 1.24 bits per heavy atom. The van der Waals surface area contributed by atoms with Crippen molar-refractivity contribution in [2.24, 2.45) is 0 Å². The van der Waals surface area contributed by atoms with Gasteiger partial charge < -0.3 is 5.32 Å². The summed E-state index contributed by atoms with van der Waals surface area (Å²) in [6.45, 7) is 0. The summed E-state index contributed by atoms with van der Waals surface area (Å²) in [6, 6.07) is 11.3. The molecule has 2 nitrogen and oxygen atoms in total. The van der Waals surface area contributed by atoms with Crippen molar-refractivity contribution in [1.82, 2.24) is 0 Å². The molecular formula is C12H9Br2NOS. The molecular weight excluding hydrogens is 366 g/mol. The van der Waals surface area contributed by atoms with Crippen LogP contribution >= 0.6 is 43.2 Å². The fourth-order valence-electron chi connectivity index (χ4n) is 1.35. The van der Waals surface area contributed by atoms with E-state index in [1.807, 2.05) is 41.8 Å². The molecule has 0 fully saturated rings. The number of hydrogen-bond donors (Lipinski definition) is 1. The quantitative estimate of drug-likeness (QED) is 0.782. The van der Waals surface area contributed by atoms with Gasteiger partial charge >= 0.3 is 0 Å². The Kier molecular flexibility index (Phi) is 4.36. The second-order valence-electron chi connectivity index (χ2n) is 3.37. The minimum absolute atomic E-state index is 0.0738. The van der Waals surface area contributed by atoms with Crippen LogP contribution in [0, 0.1) is 0 Å².